The maximum atomic E-state index is 12.7. The van der Waals surface area contributed by atoms with Gasteiger partial charge in [0.05, 0.1) is 20.3 Å². The van der Waals surface area contributed by atoms with E-state index < -0.39 is 0 Å². The number of hydrogen-bond donors (Lipinski definition) is 1. The number of amides is 1. The number of carbonyl (C=O) groups excluding carboxylic acids is 1. The van der Waals surface area contributed by atoms with Gasteiger partial charge in [-0.15, -0.1) is 0 Å². The fourth-order valence-electron chi connectivity index (χ4n) is 3.43. The van der Waals surface area contributed by atoms with E-state index in [-0.39, 0.29) is 12.0 Å². The van der Waals surface area contributed by atoms with Gasteiger partial charge in [0.25, 0.3) is 5.91 Å². The molecule has 0 unspecified atom stereocenters. The summed E-state index contributed by atoms with van der Waals surface area (Å²) in [4.78, 5) is 12.7. The predicted octanol–water partition coefficient (Wildman–Crippen LogP) is 3.88. The molecule has 0 radical (unpaired) electrons. The number of rotatable bonds is 9. The van der Waals surface area contributed by atoms with Gasteiger partial charge in [-0.25, -0.2) is 0 Å². The lowest BCUT2D eigenvalue weighted by atomic mass is 10.1. The monoisotopic (exact) mass is 399 g/mol. The van der Waals surface area contributed by atoms with Gasteiger partial charge in [0.1, 0.15) is 23.4 Å². The minimum atomic E-state index is -0.164. The topological polar surface area (TPSA) is 66.0 Å². The van der Waals surface area contributed by atoms with Crippen LogP contribution in [0, 0.1) is 0 Å². The van der Waals surface area contributed by atoms with E-state index in [0.29, 0.717) is 37.7 Å². The Hall–Kier alpha value is -2.73. The summed E-state index contributed by atoms with van der Waals surface area (Å²) < 4.78 is 22.5. The van der Waals surface area contributed by atoms with Crippen LogP contribution in [0.4, 0.5) is 0 Å². The molecular formula is C23H29NO5. The van der Waals surface area contributed by atoms with Crippen LogP contribution in [-0.4, -0.2) is 32.3 Å². The van der Waals surface area contributed by atoms with Crippen LogP contribution in [0.25, 0.3) is 0 Å². The Kier molecular flexibility index (Phi) is 6.99. The van der Waals surface area contributed by atoms with E-state index >= 15 is 0 Å². The van der Waals surface area contributed by atoms with Crippen molar-refractivity contribution >= 4 is 5.91 Å². The molecule has 156 valence electrons. The van der Waals surface area contributed by atoms with Gasteiger partial charge in [-0.05, 0) is 51.1 Å². The minimum Gasteiger partial charge on any atom is -0.496 e. The van der Waals surface area contributed by atoms with Crippen LogP contribution in [0.1, 0.15) is 47.8 Å². The minimum absolute atomic E-state index is 0.160. The lowest BCUT2D eigenvalue weighted by molar-refractivity contribution is 0.0950. The highest BCUT2D eigenvalue weighted by Gasteiger charge is 2.22. The van der Waals surface area contributed by atoms with E-state index in [0.717, 1.165) is 34.6 Å². The number of carbonyl (C=O) groups is 1. The van der Waals surface area contributed by atoms with Crippen LogP contribution >= 0.6 is 0 Å². The maximum Gasteiger partial charge on any atom is 0.251 e. The van der Waals surface area contributed by atoms with E-state index in [1.54, 1.807) is 25.3 Å². The van der Waals surface area contributed by atoms with Crippen LogP contribution in [0.15, 0.2) is 30.3 Å². The molecule has 29 heavy (non-hydrogen) atoms. The summed E-state index contributed by atoms with van der Waals surface area (Å²) in [6, 6.07) is 9.34. The van der Waals surface area contributed by atoms with E-state index in [1.165, 1.54) is 0 Å². The van der Waals surface area contributed by atoms with Crippen LogP contribution in [0.5, 0.6) is 17.2 Å². The zero-order chi connectivity index (χ0) is 20.8. The molecule has 0 spiro atoms. The van der Waals surface area contributed by atoms with Crippen molar-refractivity contribution in [2.75, 3.05) is 20.3 Å². The highest BCUT2D eigenvalue weighted by Crippen LogP contribution is 2.35. The average molecular weight is 399 g/mol. The van der Waals surface area contributed by atoms with Crippen molar-refractivity contribution < 1.29 is 23.7 Å². The molecular weight excluding hydrogens is 370 g/mol. The summed E-state index contributed by atoms with van der Waals surface area (Å²) in [5.74, 6) is 2.20. The van der Waals surface area contributed by atoms with E-state index in [2.05, 4.69) is 5.32 Å². The SMILES string of the molecule is CCOCc1cc(C(=O)NCc2cc3c(cc2OCC)C[C@@H](C)O3)ccc1OC. The molecule has 1 amide bonds. The number of benzene rings is 2. The summed E-state index contributed by atoms with van der Waals surface area (Å²) in [6.45, 7) is 7.84. The van der Waals surface area contributed by atoms with E-state index in [4.69, 9.17) is 18.9 Å². The number of methoxy groups -OCH3 is 1. The van der Waals surface area contributed by atoms with Gasteiger partial charge < -0.3 is 24.3 Å². The lowest BCUT2D eigenvalue weighted by Crippen LogP contribution is -2.23. The first-order valence-corrected chi connectivity index (χ1v) is 10.0. The van der Waals surface area contributed by atoms with E-state index in [1.807, 2.05) is 32.9 Å². The smallest absolute Gasteiger partial charge is 0.251 e. The first kappa shape index (κ1) is 21.0. The summed E-state index contributed by atoms with van der Waals surface area (Å²) in [6.07, 6.45) is 1.03. The van der Waals surface area contributed by atoms with Crippen molar-refractivity contribution in [3.8, 4) is 17.2 Å². The molecule has 1 aliphatic rings. The van der Waals surface area contributed by atoms with Gasteiger partial charge in [-0.3, -0.25) is 4.79 Å². The Balaban J connectivity index is 1.74. The predicted molar refractivity (Wildman–Crippen MR) is 111 cm³/mol. The second-order valence-electron chi connectivity index (χ2n) is 6.98. The van der Waals surface area contributed by atoms with E-state index in [9.17, 15) is 4.79 Å². The Bertz CT molecular complexity index is 865. The third-order valence-electron chi connectivity index (χ3n) is 4.82. The van der Waals surface area contributed by atoms with Gasteiger partial charge in [-0.1, -0.05) is 0 Å². The fourth-order valence-corrected chi connectivity index (χ4v) is 3.43. The molecule has 0 fully saturated rings. The molecule has 6 heteroatoms. The molecule has 1 atom stereocenters. The molecule has 0 saturated carbocycles. The third kappa shape index (κ3) is 5.01. The number of ether oxygens (including phenoxy) is 4. The molecule has 2 aromatic carbocycles. The van der Waals surface area contributed by atoms with Crippen molar-refractivity contribution in [1.82, 2.24) is 5.32 Å². The van der Waals surface area contributed by atoms with Crippen molar-refractivity contribution in [2.24, 2.45) is 0 Å². The number of hydrogen-bond acceptors (Lipinski definition) is 5. The Morgan fingerprint density at radius 2 is 1.97 bits per heavy atom. The third-order valence-corrected chi connectivity index (χ3v) is 4.82. The first-order chi connectivity index (χ1) is 14.0. The van der Waals surface area contributed by atoms with Crippen molar-refractivity contribution in [3.05, 3.63) is 52.6 Å². The summed E-state index contributed by atoms with van der Waals surface area (Å²) in [5.41, 5.74) is 3.45. The molecule has 0 saturated heterocycles. The summed E-state index contributed by atoms with van der Waals surface area (Å²) in [7, 11) is 1.61. The molecule has 1 heterocycles. The second kappa shape index (κ2) is 9.65. The van der Waals surface area contributed by atoms with Crippen molar-refractivity contribution in [3.63, 3.8) is 0 Å². The molecule has 0 bridgehead atoms. The molecule has 1 aliphatic heterocycles. The zero-order valence-corrected chi connectivity index (χ0v) is 17.5. The van der Waals surface area contributed by atoms with Gasteiger partial charge >= 0.3 is 0 Å². The Labute approximate surface area is 172 Å². The highest BCUT2D eigenvalue weighted by molar-refractivity contribution is 5.94. The fraction of sp³-hybridized carbons (Fsp3) is 0.435. The Morgan fingerprint density at radius 1 is 1.14 bits per heavy atom. The molecule has 0 aliphatic carbocycles. The van der Waals surface area contributed by atoms with Gasteiger partial charge in [-0.2, -0.15) is 0 Å². The highest BCUT2D eigenvalue weighted by atomic mass is 16.5. The molecule has 2 aromatic rings. The summed E-state index contributed by atoms with van der Waals surface area (Å²) >= 11 is 0. The Morgan fingerprint density at radius 3 is 2.69 bits per heavy atom. The summed E-state index contributed by atoms with van der Waals surface area (Å²) in [5, 5.41) is 2.98. The quantitative estimate of drug-likeness (QED) is 0.693. The standard InChI is InChI=1S/C23H29NO5/c1-5-27-14-19-10-16(7-8-20(19)26-4)23(25)24-13-18-12-22-17(9-15(3)29-22)11-21(18)28-6-2/h7-8,10-12,15H,5-6,9,13-14H2,1-4H3,(H,24,25)/t15-/m1/s1. The van der Waals surface area contributed by atoms with Crippen LogP contribution < -0.4 is 19.5 Å². The van der Waals surface area contributed by atoms with Crippen LogP contribution in [-0.2, 0) is 24.3 Å². The van der Waals surface area contributed by atoms with Crippen molar-refractivity contribution in [1.29, 1.82) is 0 Å². The molecule has 1 N–H and O–H groups in total. The van der Waals surface area contributed by atoms with Crippen LogP contribution in [0.3, 0.4) is 0 Å². The number of fused-ring (bicyclic) bond motifs is 1. The number of nitrogens with one attached hydrogen (secondary N) is 1. The molecule has 0 aromatic heterocycles. The average Bonchev–Trinajstić information content (AvgIpc) is 3.09. The lowest BCUT2D eigenvalue weighted by Gasteiger charge is -2.14. The second-order valence-corrected chi connectivity index (χ2v) is 6.98. The maximum absolute atomic E-state index is 12.7. The zero-order valence-electron chi connectivity index (χ0n) is 17.5. The van der Waals surface area contributed by atoms with Crippen molar-refractivity contribution in [2.45, 2.75) is 46.4 Å². The molecule has 3 rings (SSSR count). The van der Waals surface area contributed by atoms with Gasteiger partial charge in [0, 0.05) is 41.8 Å². The van der Waals surface area contributed by atoms with Crippen LogP contribution in [0.2, 0.25) is 0 Å². The largest absolute Gasteiger partial charge is 0.496 e. The molecule has 6 nitrogen and oxygen atoms in total. The normalized spacial score (nSPS) is 14.8. The van der Waals surface area contributed by atoms with Gasteiger partial charge in [0.15, 0.2) is 0 Å². The first-order valence-electron chi connectivity index (χ1n) is 10.0. The van der Waals surface area contributed by atoms with Gasteiger partial charge in [0.2, 0.25) is 0 Å².